The summed E-state index contributed by atoms with van der Waals surface area (Å²) in [5, 5.41) is 0. The average Bonchev–Trinajstić information content (AvgIpc) is 2.85. The predicted octanol–water partition coefficient (Wildman–Crippen LogP) is 1.23. The van der Waals surface area contributed by atoms with Gasteiger partial charge in [0.1, 0.15) is 6.04 Å². The van der Waals surface area contributed by atoms with E-state index < -0.39 is 24.4 Å². The van der Waals surface area contributed by atoms with Crippen LogP contribution in [0.15, 0.2) is 30.3 Å². The lowest BCUT2D eigenvalue weighted by molar-refractivity contribution is -0.159. The first-order chi connectivity index (χ1) is 12.4. The summed E-state index contributed by atoms with van der Waals surface area (Å²) in [6, 6.07) is 9.52. The largest absolute Gasteiger partial charge is 0.494 e. The Hall–Kier alpha value is -1.41. The Morgan fingerprint density at radius 3 is 2.69 bits per heavy atom. The van der Waals surface area contributed by atoms with Gasteiger partial charge in [-0.05, 0) is 33.2 Å². The molecule has 2 saturated heterocycles. The topological polar surface area (TPSA) is 57.2 Å². The Morgan fingerprint density at radius 2 is 2.00 bits per heavy atom. The molecule has 2 unspecified atom stereocenters. The molecular weight excluding hydrogens is 333 g/mol. The molecule has 1 aromatic carbocycles. The molecule has 1 aromatic rings. The molecule has 2 aliphatic rings. The molecule has 0 spiro atoms. The first-order valence-electron chi connectivity index (χ1n) is 9.25. The van der Waals surface area contributed by atoms with E-state index in [9.17, 15) is 4.79 Å². The summed E-state index contributed by atoms with van der Waals surface area (Å²) in [5.41, 5.74) is -0.0890. The SMILES string of the molecule is CCOC(=O)C1COCCN1CC1(C)OB(c2ccccc2)OC1(C)C. The Balaban J connectivity index is 1.77. The van der Waals surface area contributed by atoms with Crippen LogP contribution in [0.25, 0.3) is 0 Å². The van der Waals surface area contributed by atoms with Gasteiger partial charge in [0.15, 0.2) is 0 Å². The molecule has 0 radical (unpaired) electrons. The fourth-order valence-corrected chi connectivity index (χ4v) is 3.44. The van der Waals surface area contributed by atoms with Crippen LogP contribution in [0.3, 0.4) is 0 Å². The van der Waals surface area contributed by atoms with E-state index in [-0.39, 0.29) is 5.97 Å². The number of ether oxygens (including phenoxy) is 2. The predicted molar refractivity (Wildman–Crippen MR) is 99.3 cm³/mol. The molecule has 3 rings (SSSR count). The summed E-state index contributed by atoms with van der Waals surface area (Å²) in [4.78, 5) is 14.4. The highest BCUT2D eigenvalue weighted by atomic mass is 16.7. The smallest absolute Gasteiger partial charge is 0.465 e. The summed E-state index contributed by atoms with van der Waals surface area (Å²) in [6.07, 6.45) is 0. The third kappa shape index (κ3) is 3.81. The van der Waals surface area contributed by atoms with Gasteiger partial charge in [0.25, 0.3) is 0 Å². The molecule has 0 aromatic heterocycles. The highest BCUT2D eigenvalue weighted by Crippen LogP contribution is 2.38. The molecule has 2 aliphatic heterocycles. The minimum Gasteiger partial charge on any atom is -0.465 e. The van der Waals surface area contributed by atoms with Crippen LogP contribution in [-0.2, 0) is 23.6 Å². The fourth-order valence-electron chi connectivity index (χ4n) is 3.44. The molecule has 0 N–H and O–H groups in total. The van der Waals surface area contributed by atoms with Crippen LogP contribution in [0.1, 0.15) is 27.7 Å². The van der Waals surface area contributed by atoms with Crippen LogP contribution < -0.4 is 5.46 Å². The van der Waals surface area contributed by atoms with Crippen LogP contribution in [0, 0.1) is 0 Å². The molecule has 142 valence electrons. The lowest BCUT2D eigenvalue weighted by atomic mass is 9.79. The molecule has 2 fully saturated rings. The molecule has 0 saturated carbocycles. The van der Waals surface area contributed by atoms with Gasteiger partial charge >= 0.3 is 13.1 Å². The molecule has 7 heteroatoms. The number of benzene rings is 1. The number of rotatable bonds is 5. The third-order valence-electron chi connectivity index (χ3n) is 5.42. The zero-order chi connectivity index (χ0) is 18.8. The highest BCUT2D eigenvalue weighted by Gasteiger charge is 2.56. The summed E-state index contributed by atoms with van der Waals surface area (Å²) in [5.74, 6) is -0.243. The van der Waals surface area contributed by atoms with E-state index in [1.54, 1.807) is 0 Å². The van der Waals surface area contributed by atoms with Crippen molar-refractivity contribution in [3.63, 3.8) is 0 Å². The monoisotopic (exact) mass is 361 g/mol. The van der Waals surface area contributed by atoms with E-state index in [1.165, 1.54) is 0 Å². The summed E-state index contributed by atoms with van der Waals surface area (Å²) < 4.78 is 23.3. The Morgan fingerprint density at radius 1 is 1.27 bits per heavy atom. The summed E-state index contributed by atoms with van der Waals surface area (Å²) in [6.45, 7) is 10.5. The third-order valence-corrected chi connectivity index (χ3v) is 5.42. The number of esters is 1. The number of hydrogen-bond acceptors (Lipinski definition) is 6. The molecule has 0 bridgehead atoms. The Kier molecular flexibility index (Phi) is 5.72. The van der Waals surface area contributed by atoms with Crippen molar-refractivity contribution in [2.24, 2.45) is 0 Å². The lowest BCUT2D eigenvalue weighted by Crippen LogP contribution is -2.59. The van der Waals surface area contributed by atoms with Crippen molar-refractivity contribution in [2.75, 3.05) is 32.9 Å². The van der Waals surface area contributed by atoms with Gasteiger partial charge in [0, 0.05) is 13.1 Å². The number of morpholine rings is 1. The van der Waals surface area contributed by atoms with Crippen LogP contribution in [0.2, 0.25) is 0 Å². The van der Waals surface area contributed by atoms with Crippen LogP contribution in [0.5, 0.6) is 0 Å². The van der Waals surface area contributed by atoms with Crippen molar-refractivity contribution in [3.05, 3.63) is 30.3 Å². The van der Waals surface area contributed by atoms with Gasteiger partial charge in [0.05, 0.1) is 31.0 Å². The van der Waals surface area contributed by atoms with Gasteiger partial charge in [-0.15, -0.1) is 0 Å². The number of hydrogen-bond donors (Lipinski definition) is 0. The maximum absolute atomic E-state index is 12.3. The van der Waals surface area contributed by atoms with E-state index in [0.29, 0.717) is 32.9 Å². The maximum atomic E-state index is 12.3. The van der Waals surface area contributed by atoms with Crippen molar-refractivity contribution in [2.45, 2.75) is 44.9 Å². The number of nitrogens with zero attached hydrogens (tertiary/aromatic N) is 1. The lowest BCUT2D eigenvalue weighted by Gasteiger charge is -2.43. The average molecular weight is 361 g/mol. The number of carbonyl (C=O) groups is 1. The minimum atomic E-state index is -0.574. The summed E-state index contributed by atoms with van der Waals surface area (Å²) >= 11 is 0. The van der Waals surface area contributed by atoms with E-state index in [4.69, 9.17) is 18.8 Å². The van der Waals surface area contributed by atoms with Gasteiger partial charge in [-0.3, -0.25) is 9.69 Å². The Bertz CT molecular complexity index is 626. The molecule has 0 amide bonds. The van der Waals surface area contributed by atoms with Crippen molar-refractivity contribution in [3.8, 4) is 0 Å². The molecular formula is C19H28BNO5. The minimum absolute atomic E-state index is 0.243. The van der Waals surface area contributed by atoms with E-state index in [0.717, 1.165) is 5.46 Å². The second-order valence-electron chi connectivity index (χ2n) is 7.53. The Labute approximate surface area is 155 Å². The second kappa shape index (κ2) is 7.68. The molecule has 2 atom stereocenters. The summed E-state index contributed by atoms with van der Waals surface area (Å²) in [7, 11) is -0.418. The highest BCUT2D eigenvalue weighted by molar-refractivity contribution is 6.62. The maximum Gasteiger partial charge on any atom is 0.494 e. The molecule has 2 heterocycles. The van der Waals surface area contributed by atoms with Crippen molar-refractivity contribution < 1.29 is 23.6 Å². The van der Waals surface area contributed by atoms with Gasteiger partial charge in [-0.25, -0.2) is 0 Å². The van der Waals surface area contributed by atoms with E-state index in [2.05, 4.69) is 4.90 Å². The molecule has 26 heavy (non-hydrogen) atoms. The van der Waals surface area contributed by atoms with Crippen molar-refractivity contribution >= 4 is 18.6 Å². The zero-order valence-electron chi connectivity index (χ0n) is 16.1. The van der Waals surface area contributed by atoms with Gasteiger partial charge in [-0.2, -0.15) is 0 Å². The standard InChI is InChI=1S/C19H28BNO5/c1-5-24-17(22)16-13-23-12-11-21(16)14-19(4)18(2,3)25-20(26-19)15-9-7-6-8-10-15/h6-10,16H,5,11-14H2,1-4H3. The van der Waals surface area contributed by atoms with Crippen LogP contribution in [0.4, 0.5) is 0 Å². The molecule has 6 nitrogen and oxygen atoms in total. The number of carbonyl (C=O) groups excluding carboxylic acids is 1. The van der Waals surface area contributed by atoms with Crippen molar-refractivity contribution in [1.29, 1.82) is 0 Å². The van der Waals surface area contributed by atoms with Gasteiger partial charge in [-0.1, -0.05) is 30.3 Å². The zero-order valence-corrected chi connectivity index (χ0v) is 16.1. The first-order valence-corrected chi connectivity index (χ1v) is 9.25. The fraction of sp³-hybridized carbons (Fsp3) is 0.632. The van der Waals surface area contributed by atoms with Crippen LogP contribution in [-0.4, -0.2) is 68.1 Å². The first kappa shape index (κ1) is 19.4. The van der Waals surface area contributed by atoms with Gasteiger partial charge < -0.3 is 18.8 Å². The van der Waals surface area contributed by atoms with Gasteiger partial charge in [0.2, 0.25) is 0 Å². The molecule has 0 aliphatic carbocycles. The van der Waals surface area contributed by atoms with Crippen molar-refractivity contribution in [1.82, 2.24) is 4.90 Å². The quantitative estimate of drug-likeness (QED) is 0.581. The van der Waals surface area contributed by atoms with E-state index >= 15 is 0 Å². The van der Waals surface area contributed by atoms with E-state index in [1.807, 2.05) is 58.0 Å². The van der Waals surface area contributed by atoms with Crippen LogP contribution >= 0.6 is 0 Å². The normalized spacial score (nSPS) is 28.9. The second-order valence-corrected chi connectivity index (χ2v) is 7.53.